The van der Waals surface area contributed by atoms with E-state index in [1.165, 1.54) is 14.2 Å². The van der Waals surface area contributed by atoms with E-state index in [1.807, 2.05) is 0 Å². The topological polar surface area (TPSA) is 58.2 Å². The summed E-state index contributed by atoms with van der Waals surface area (Å²) in [5.74, 6) is -0.918. The van der Waals surface area contributed by atoms with Gasteiger partial charge in [-0.3, -0.25) is 14.7 Å². The average Bonchev–Trinajstić information content (AvgIpc) is 2.63. The molecular weight excluding hydrogens is 215 g/mol. The molecule has 0 aliphatic heterocycles. The number of carbonyl (C=O) groups excluding carboxylic acids is 1. The third-order valence-electron chi connectivity index (χ3n) is 1.71. The fraction of sp³-hybridized carbons (Fsp3) is 0.429. The van der Waals surface area contributed by atoms with Crippen LogP contribution in [-0.4, -0.2) is 35.3 Å². The highest BCUT2D eigenvalue weighted by Gasteiger charge is 2.38. The number of H-pyrrole nitrogens is 1. The van der Waals surface area contributed by atoms with E-state index in [4.69, 9.17) is 0 Å². The zero-order valence-electron chi connectivity index (χ0n) is 7.92. The molecular formula is C7H8F3N3O2. The van der Waals surface area contributed by atoms with E-state index in [2.05, 4.69) is 9.94 Å². The predicted molar refractivity (Wildman–Crippen MR) is 42.7 cm³/mol. The monoisotopic (exact) mass is 223 g/mol. The highest BCUT2D eigenvalue weighted by molar-refractivity contribution is 5.94. The summed E-state index contributed by atoms with van der Waals surface area (Å²) >= 11 is 0. The van der Waals surface area contributed by atoms with Gasteiger partial charge in [0, 0.05) is 7.05 Å². The largest absolute Gasteiger partial charge is 0.433 e. The smallest absolute Gasteiger partial charge is 0.274 e. The van der Waals surface area contributed by atoms with Crippen LogP contribution in [0.2, 0.25) is 0 Å². The number of halogens is 3. The summed E-state index contributed by atoms with van der Waals surface area (Å²) in [6, 6.07) is 0. The molecule has 5 nitrogen and oxygen atoms in total. The quantitative estimate of drug-likeness (QED) is 0.762. The third kappa shape index (κ3) is 2.27. The Kier molecular flexibility index (Phi) is 2.98. The molecule has 0 atom stereocenters. The van der Waals surface area contributed by atoms with Gasteiger partial charge in [0.1, 0.15) is 0 Å². The Labute approximate surface area is 82.8 Å². The van der Waals surface area contributed by atoms with Crippen molar-refractivity contribution < 1.29 is 22.8 Å². The van der Waals surface area contributed by atoms with Crippen molar-refractivity contribution >= 4 is 5.91 Å². The Morgan fingerprint density at radius 3 is 2.67 bits per heavy atom. The van der Waals surface area contributed by atoms with Gasteiger partial charge in [-0.05, 0) is 0 Å². The lowest BCUT2D eigenvalue weighted by Gasteiger charge is -2.13. The van der Waals surface area contributed by atoms with E-state index in [0.29, 0.717) is 5.06 Å². The first-order chi connectivity index (χ1) is 6.88. The number of hydrogen-bond donors (Lipinski definition) is 1. The van der Waals surface area contributed by atoms with Crippen LogP contribution >= 0.6 is 0 Å². The Balaban J connectivity index is 3.06. The van der Waals surface area contributed by atoms with Crippen LogP contribution in [0.25, 0.3) is 0 Å². The average molecular weight is 223 g/mol. The molecule has 0 saturated heterocycles. The van der Waals surface area contributed by atoms with Gasteiger partial charge in [0.25, 0.3) is 5.91 Å². The Bertz CT molecular complexity index is 361. The second-order valence-corrected chi connectivity index (χ2v) is 2.64. The second kappa shape index (κ2) is 3.89. The first-order valence-corrected chi connectivity index (χ1v) is 3.80. The Morgan fingerprint density at radius 1 is 1.60 bits per heavy atom. The molecule has 0 saturated carbocycles. The van der Waals surface area contributed by atoms with E-state index >= 15 is 0 Å². The van der Waals surface area contributed by atoms with E-state index in [0.717, 1.165) is 6.20 Å². The molecule has 1 amide bonds. The Morgan fingerprint density at radius 2 is 2.20 bits per heavy atom. The lowest BCUT2D eigenvalue weighted by Crippen LogP contribution is -2.27. The minimum absolute atomic E-state index is 0.577. The second-order valence-electron chi connectivity index (χ2n) is 2.64. The van der Waals surface area contributed by atoms with Crippen LogP contribution in [0.5, 0.6) is 0 Å². The molecule has 1 heterocycles. The number of hydroxylamine groups is 2. The number of rotatable bonds is 2. The predicted octanol–water partition coefficient (Wildman–Crippen LogP) is 1.06. The number of alkyl halides is 3. The maximum absolute atomic E-state index is 12.3. The van der Waals surface area contributed by atoms with Crippen molar-refractivity contribution in [3.05, 3.63) is 17.5 Å². The number of nitrogens with one attached hydrogen (secondary N) is 1. The normalized spacial score (nSPS) is 11.5. The van der Waals surface area contributed by atoms with Crippen molar-refractivity contribution in [3.63, 3.8) is 0 Å². The van der Waals surface area contributed by atoms with Crippen LogP contribution in [0.4, 0.5) is 13.2 Å². The molecule has 0 aromatic carbocycles. The van der Waals surface area contributed by atoms with Crippen molar-refractivity contribution in [2.75, 3.05) is 14.2 Å². The highest BCUT2D eigenvalue weighted by Crippen LogP contribution is 2.30. The summed E-state index contributed by atoms with van der Waals surface area (Å²) < 4.78 is 37.0. The number of aromatic amines is 1. The maximum atomic E-state index is 12.3. The van der Waals surface area contributed by atoms with Gasteiger partial charge in [0.05, 0.1) is 18.9 Å². The molecule has 0 fully saturated rings. The van der Waals surface area contributed by atoms with Crippen molar-refractivity contribution in [1.82, 2.24) is 15.3 Å². The molecule has 0 unspecified atom stereocenters. The number of hydrogen-bond acceptors (Lipinski definition) is 3. The molecule has 15 heavy (non-hydrogen) atoms. The van der Waals surface area contributed by atoms with Crippen LogP contribution in [0.1, 0.15) is 16.1 Å². The highest BCUT2D eigenvalue weighted by atomic mass is 19.4. The summed E-state index contributed by atoms with van der Waals surface area (Å²) in [6.45, 7) is 0. The van der Waals surface area contributed by atoms with Gasteiger partial charge in [-0.2, -0.15) is 18.3 Å². The van der Waals surface area contributed by atoms with E-state index in [1.54, 1.807) is 5.10 Å². The van der Waals surface area contributed by atoms with Crippen LogP contribution < -0.4 is 0 Å². The fourth-order valence-electron chi connectivity index (χ4n) is 0.917. The van der Waals surface area contributed by atoms with Gasteiger partial charge in [0.15, 0.2) is 5.69 Å². The molecule has 0 spiro atoms. The molecule has 1 aromatic heterocycles. The van der Waals surface area contributed by atoms with Gasteiger partial charge >= 0.3 is 6.18 Å². The standard InChI is InChI=1S/C7H8F3N3O2/c1-13(15-2)6(14)4-3-11-12-5(4)7(8,9)10/h3H,1-2H3,(H,11,12). The van der Waals surface area contributed by atoms with Gasteiger partial charge in [0.2, 0.25) is 0 Å². The van der Waals surface area contributed by atoms with Crippen molar-refractivity contribution in [3.8, 4) is 0 Å². The van der Waals surface area contributed by atoms with Crippen LogP contribution in [0, 0.1) is 0 Å². The molecule has 0 aliphatic rings. The summed E-state index contributed by atoms with van der Waals surface area (Å²) in [6.07, 6.45) is -3.84. The van der Waals surface area contributed by atoms with Crippen molar-refractivity contribution in [1.29, 1.82) is 0 Å². The first-order valence-electron chi connectivity index (χ1n) is 3.80. The minimum atomic E-state index is -4.64. The van der Waals surface area contributed by atoms with Crippen LogP contribution in [0.15, 0.2) is 6.20 Å². The van der Waals surface area contributed by atoms with Gasteiger partial charge in [-0.25, -0.2) is 5.06 Å². The summed E-state index contributed by atoms with van der Waals surface area (Å²) in [5.41, 5.74) is -1.76. The van der Waals surface area contributed by atoms with Crippen LogP contribution in [0.3, 0.4) is 0 Å². The Hall–Kier alpha value is -1.57. The lowest BCUT2D eigenvalue weighted by atomic mass is 10.2. The van der Waals surface area contributed by atoms with E-state index in [-0.39, 0.29) is 0 Å². The van der Waals surface area contributed by atoms with Gasteiger partial charge < -0.3 is 0 Å². The van der Waals surface area contributed by atoms with Crippen LogP contribution in [-0.2, 0) is 11.0 Å². The third-order valence-corrected chi connectivity index (χ3v) is 1.71. The molecule has 0 bridgehead atoms. The number of aromatic nitrogens is 2. The molecule has 1 aromatic rings. The molecule has 84 valence electrons. The van der Waals surface area contributed by atoms with E-state index < -0.39 is 23.3 Å². The van der Waals surface area contributed by atoms with Crippen molar-refractivity contribution in [2.24, 2.45) is 0 Å². The summed E-state index contributed by atoms with van der Waals surface area (Å²) in [5, 5.41) is 5.59. The first kappa shape index (κ1) is 11.5. The van der Waals surface area contributed by atoms with Gasteiger partial charge in [-0.1, -0.05) is 0 Å². The summed E-state index contributed by atoms with van der Waals surface area (Å²) in [4.78, 5) is 15.8. The lowest BCUT2D eigenvalue weighted by molar-refractivity contribution is -0.142. The zero-order valence-corrected chi connectivity index (χ0v) is 7.92. The van der Waals surface area contributed by atoms with Gasteiger partial charge in [-0.15, -0.1) is 0 Å². The molecule has 8 heteroatoms. The zero-order chi connectivity index (χ0) is 11.6. The number of nitrogens with zero attached hydrogens (tertiary/aromatic N) is 2. The van der Waals surface area contributed by atoms with Crippen molar-refractivity contribution in [2.45, 2.75) is 6.18 Å². The summed E-state index contributed by atoms with van der Waals surface area (Å²) in [7, 11) is 2.38. The van der Waals surface area contributed by atoms with E-state index in [9.17, 15) is 18.0 Å². The maximum Gasteiger partial charge on any atom is 0.433 e. The molecule has 0 radical (unpaired) electrons. The molecule has 1 rings (SSSR count). The fourth-order valence-corrected chi connectivity index (χ4v) is 0.917. The number of amides is 1. The molecule has 1 N–H and O–H groups in total. The SMILES string of the molecule is CON(C)C(=O)c1cn[nH]c1C(F)(F)F. The minimum Gasteiger partial charge on any atom is -0.274 e. The number of carbonyl (C=O) groups is 1. The molecule has 0 aliphatic carbocycles.